The lowest BCUT2D eigenvalue weighted by molar-refractivity contribution is 0.0341. The van der Waals surface area contributed by atoms with Crippen LogP contribution in [0.3, 0.4) is 0 Å². The van der Waals surface area contributed by atoms with E-state index in [0.29, 0.717) is 19.0 Å². The van der Waals surface area contributed by atoms with Crippen molar-refractivity contribution in [1.82, 2.24) is 20.5 Å². The predicted octanol–water partition coefficient (Wildman–Crippen LogP) is 3.35. The van der Waals surface area contributed by atoms with Crippen molar-refractivity contribution >= 4 is 17.3 Å². The van der Waals surface area contributed by atoms with E-state index in [2.05, 4.69) is 66.0 Å². The molecule has 1 aromatic heterocycles. The van der Waals surface area contributed by atoms with Crippen LogP contribution in [0.4, 0.5) is 0 Å². The molecule has 0 radical (unpaired) electrons. The van der Waals surface area contributed by atoms with Crippen molar-refractivity contribution in [2.24, 2.45) is 4.99 Å². The van der Waals surface area contributed by atoms with Crippen LogP contribution in [0, 0.1) is 0 Å². The van der Waals surface area contributed by atoms with E-state index in [4.69, 9.17) is 14.7 Å². The number of hydrogen-bond acceptors (Lipinski definition) is 5. The highest BCUT2D eigenvalue weighted by molar-refractivity contribution is 7.09. The van der Waals surface area contributed by atoms with Crippen LogP contribution >= 0.6 is 11.3 Å². The minimum atomic E-state index is 0.471. The first kappa shape index (κ1) is 21.7. The molecule has 2 aromatic rings. The summed E-state index contributed by atoms with van der Waals surface area (Å²) in [7, 11) is 0. The standard InChI is InChI=1S/C22H33N5OS/c1-4-23-22(25-14-20-16-29-21(26-20)17(2)3)24-13-18-7-5-6-8-19(18)15-27-9-11-28-12-10-27/h5-8,16-17H,4,9-15H2,1-3H3,(H2,23,24,25). The van der Waals surface area contributed by atoms with Crippen LogP contribution in [0.2, 0.25) is 0 Å². The topological polar surface area (TPSA) is 61.8 Å². The molecule has 0 atom stereocenters. The van der Waals surface area contributed by atoms with Gasteiger partial charge in [0.25, 0.3) is 0 Å². The molecule has 2 N–H and O–H groups in total. The zero-order chi connectivity index (χ0) is 20.5. The summed E-state index contributed by atoms with van der Waals surface area (Å²) >= 11 is 1.73. The molecule has 1 saturated heterocycles. The first-order chi connectivity index (χ1) is 14.2. The predicted molar refractivity (Wildman–Crippen MR) is 120 cm³/mol. The largest absolute Gasteiger partial charge is 0.379 e. The second-order valence-electron chi connectivity index (χ2n) is 7.54. The third-order valence-corrected chi connectivity index (χ3v) is 6.06. The lowest BCUT2D eigenvalue weighted by atomic mass is 10.1. The molecule has 158 valence electrons. The summed E-state index contributed by atoms with van der Waals surface area (Å²) in [5, 5.41) is 10.1. The Morgan fingerprint density at radius 2 is 1.97 bits per heavy atom. The van der Waals surface area contributed by atoms with E-state index in [1.807, 2.05) is 0 Å². The summed E-state index contributed by atoms with van der Waals surface area (Å²) < 4.78 is 5.47. The maximum Gasteiger partial charge on any atom is 0.191 e. The van der Waals surface area contributed by atoms with Crippen molar-refractivity contribution in [3.05, 3.63) is 51.5 Å². The summed E-state index contributed by atoms with van der Waals surface area (Å²) in [6.45, 7) is 13.2. The quantitative estimate of drug-likeness (QED) is 0.511. The SMILES string of the molecule is CCNC(=NCc1ccccc1CN1CCOCC1)NCc1csc(C(C)C)n1. The Morgan fingerprint density at radius 1 is 1.21 bits per heavy atom. The molecule has 1 aromatic carbocycles. The van der Waals surface area contributed by atoms with E-state index in [1.54, 1.807) is 11.3 Å². The molecule has 3 rings (SSSR count). The van der Waals surface area contributed by atoms with Crippen molar-refractivity contribution in [2.75, 3.05) is 32.8 Å². The molecule has 0 aliphatic carbocycles. The van der Waals surface area contributed by atoms with E-state index < -0.39 is 0 Å². The van der Waals surface area contributed by atoms with Crippen molar-refractivity contribution in [3.63, 3.8) is 0 Å². The lowest BCUT2D eigenvalue weighted by Crippen LogP contribution is -2.37. The zero-order valence-corrected chi connectivity index (χ0v) is 18.6. The summed E-state index contributed by atoms with van der Waals surface area (Å²) in [6.07, 6.45) is 0. The van der Waals surface area contributed by atoms with Crippen molar-refractivity contribution in [1.29, 1.82) is 0 Å². The van der Waals surface area contributed by atoms with Gasteiger partial charge in [0.15, 0.2) is 5.96 Å². The smallest absolute Gasteiger partial charge is 0.191 e. The van der Waals surface area contributed by atoms with E-state index in [0.717, 1.165) is 51.0 Å². The van der Waals surface area contributed by atoms with Crippen LogP contribution < -0.4 is 10.6 Å². The highest BCUT2D eigenvalue weighted by atomic mass is 32.1. The molecule has 0 bridgehead atoms. The van der Waals surface area contributed by atoms with Gasteiger partial charge in [-0.3, -0.25) is 4.90 Å². The number of nitrogens with zero attached hydrogens (tertiary/aromatic N) is 3. The summed E-state index contributed by atoms with van der Waals surface area (Å²) in [4.78, 5) is 12.0. The van der Waals surface area contributed by atoms with Gasteiger partial charge in [0.05, 0.1) is 37.0 Å². The fourth-order valence-electron chi connectivity index (χ4n) is 3.22. The number of rotatable bonds is 8. The molecule has 6 nitrogen and oxygen atoms in total. The second kappa shape index (κ2) is 11.3. The molecule has 0 amide bonds. The van der Waals surface area contributed by atoms with E-state index in [1.165, 1.54) is 16.1 Å². The Morgan fingerprint density at radius 3 is 2.66 bits per heavy atom. The molecule has 0 unspecified atom stereocenters. The third-order valence-electron chi connectivity index (χ3n) is 4.87. The maximum absolute atomic E-state index is 5.47. The average Bonchev–Trinajstić information content (AvgIpc) is 3.21. The number of morpholine rings is 1. The van der Waals surface area contributed by atoms with Gasteiger partial charge in [0.1, 0.15) is 0 Å². The second-order valence-corrected chi connectivity index (χ2v) is 8.43. The monoisotopic (exact) mass is 415 g/mol. The summed E-state index contributed by atoms with van der Waals surface area (Å²) in [5.74, 6) is 1.30. The Balaban J connectivity index is 1.61. The molecule has 2 heterocycles. The molecule has 7 heteroatoms. The zero-order valence-electron chi connectivity index (χ0n) is 17.8. The van der Waals surface area contributed by atoms with Gasteiger partial charge >= 0.3 is 0 Å². The number of hydrogen-bond donors (Lipinski definition) is 2. The summed E-state index contributed by atoms with van der Waals surface area (Å²) in [5.41, 5.74) is 3.68. The van der Waals surface area contributed by atoms with Gasteiger partial charge in [-0.15, -0.1) is 11.3 Å². The Kier molecular flexibility index (Phi) is 8.46. The van der Waals surface area contributed by atoms with Crippen LogP contribution in [-0.4, -0.2) is 48.7 Å². The highest BCUT2D eigenvalue weighted by Gasteiger charge is 2.13. The molecule has 1 fully saturated rings. The van der Waals surface area contributed by atoms with Crippen LogP contribution in [0.1, 0.15) is 48.5 Å². The number of benzene rings is 1. The Bertz CT molecular complexity index is 783. The third kappa shape index (κ3) is 6.80. The lowest BCUT2D eigenvalue weighted by Gasteiger charge is -2.27. The van der Waals surface area contributed by atoms with Gasteiger partial charge in [0.2, 0.25) is 0 Å². The van der Waals surface area contributed by atoms with Crippen molar-refractivity contribution < 1.29 is 4.74 Å². The van der Waals surface area contributed by atoms with Crippen LogP contribution in [0.25, 0.3) is 0 Å². The maximum atomic E-state index is 5.47. The van der Waals surface area contributed by atoms with Crippen LogP contribution in [-0.2, 0) is 24.4 Å². The van der Waals surface area contributed by atoms with Gasteiger partial charge in [0, 0.05) is 37.5 Å². The molecular formula is C22H33N5OS. The fraction of sp³-hybridized carbons (Fsp3) is 0.545. The van der Waals surface area contributed by atoms with Gasteiger partial charge in [-0.05, 0) is 18.1 Å². The van der Waals surface area contributed by atoms with Crippen LogP contribution in [0.5, 0.6) is 0 Å². The van der Waals surface area contributed by atoms with Crippen molar-refractivity contribution in [3.8, 4) is 0 Å². The van der Waals surface area contributed by atoms with Gasteiger partial charge in [-0.1, -0.05) is 38.1 Å². The Labute approximate surface area is 178 Å². The average molecular weight is 416 g/mol. The van der Waals surface area contributed by atoms with Gasteiger partial charge < -0.3 is 15.4 Å². The number of aromatic nitrogens is 1. The number of guanidine groups is 1. The normalized spacial score (nSPS) is 15.7. The minimum Gasteiger partial charge on any atom is -0.379 e. The highest BCUT2D eigenvalue weighted by Crippen LogP contribution is 2.19. The van der Waals surface area contributed by atoms with Crippen molar-refractivity contribution in [2.45, 2.75) is 46.3 Å². The van der Waals surface area contributed by atoms with E-state index in [-0.39, 0.29) is 0 Å². The molecule has 1 aliphatic heterocycles. The van der Waals surface area contributed by atoms with E-state index in [9.17, 15) is 0 Å². The summed E-state index contributed by atoms with van der Waals surface area (Å²) in [6, 6.07) is 8.60. The number of nitrogens with one attached hydrogen (secondary N) is 2. The van der Waals surface area contributed by atoms with E-state index >= 15 is 0 Å². The fourth-order valence-corrected chi connectivity index (χ4v) is 4.05. The van der Waals surface area contributed by atoms with Crippen LogP contribution in [0.15, 0.2) is 34.6 Å². The minimum absolute atomic E-state index is 0.471. The number of ether oxygens (including phenoxy) is 1. The molecule has 1 aliphatic rings. The Hall–Kier alpha value is -1.96. The first-order valence-corrected chi connectivity index (χ1v) is 11.4. The number of thiazole rings is 1. The van der Waals surface area contributed by atoms with Gasteiger partial charge in [-0.25, -0.2) is 9.98 Å². The first-order valence-electron chi connectivity index (χ1n) is 10.5. The molecular weight excluding hydrogens is 382 g/mol. The molecule has 29 heavy (non-hydrogen) atoms. The molecule has 0 spiro atoms. The number of aliphatic imine (C=N–C) groups is 1. The van der Waals surface area contributed by atoms with Gasteiger partial charge in [-0.2, -0.15) is 0 Å². The molecule has 0 saturated carbocycles.